The second kappa shape index (κ2) is 10.1. The van der Waals surface area contributed by atoms with Gasteiger partial charge < -0.3 is 15.0 Å². The first-order chi connectivity index (χ1) is 16.3. The second-order valence-corrected chi connectivity index (χ2v) is 10.6. The topological polar surface area (TPSA) is 96.0 Å². The third-order valence-corrected chi connectivity index (χ3v) is 8.25. The van der Waals surface area contributed by atoms with Gasteiger partial charge in [0.2, 0.25) is 21.8 Å². The van der Waals surface area contributed by atoms with E-state index in [0.29, 0.717) is 44.0 Å². The van der Waals surface area contributed by atoms with E-state index < -0.39 is 15.9 Å². The van der Waals surface area contributed by atoms with Crippen LogP contribution in [0, 0.1) is 5.92 Å². The number of ether oxygens (including phenoxy) is 1. The number of fused-ring (bicyclic) bond motifs is 1. The Morgan fingerprint density at radius 2 is 1.91 bits per heavy atom. The zero-order valence-electron chi connectivity index (χ0n) is 19.6. The van der Waals surface area contributed by atoms with Crippen molar-refractivity contribution in [1.82, 2.24) is 4.31 Å². The molecule has 0 aromatic heterocycles. The zero-order chi connectivity index (χ0) is 24.3. The summed E-state index contributed by atoms with van der Waals surface area (Å²) in [5, 5.41) is 2.91. The molecular weight excluding hydrogens is 454 g/mol. The van der Waals surface area contributed by atoms with Crippen molar-refractivity contribution < 1.29 is 22.7 Å². The molecule has 9 heteroatoms. The van der Waals surface area contributed by atoms with Gasteiger partial charge in [-0.15, -0.1) is 0 Å². The number of sulfonamides is 1. The molecule has 2 aromatic rings. The maximum absolute atomic E-state index is 13.4. The molecule has 0 aliphatic carbocycles. The summed E-state index contributed by atoms with van der Waals surface area (Å²) in [5.74, 6) is -0.127. The zero-order valence-corrected chi connectivity index (χ0v) is 20.4. The minimum atomic E-state index is -3.76. The van der Waals surface area contributed by atoms with Crippen LogP contribution in [-0.2, 0) is 26.0 Å². The summed E-state index contributed by atoms with van der Waals surface area (Å²) in [6.07, 6.45) is 2.75. The molecule has 0 unspecified atom stereocenters. The van der Waals surface area contributed by atoms with Crippen molar-refractivity contribution in [1.29, 1.82) is 0 Å². The van der Waals surface area contributed by atoms with Crippen LogP contribution in [0.15, 0.2) is 47.4 Å². The highest BCUT2D eigenvalue weighted by molar-refractivity contribution is 7.89. The quantitative estimate of drug-likeness (QED) is 0.676. The van der Waals surface area contributed by atoms with E-state index in [-0.39, 0.29) is 23.3 Å². The molecule has 2 heterocycles. The van der Waals surface area contributed by atoms with E-state index in [9.17, 15) is 18.0 Å². The van der Waals surface area contributed by atoms with Crippen molar-refractivity contribution in [2.24, 2.45) is 5.92 Å². The number of benzene rings is 2. The first-order valence-electron chi connectivity index (χ1n) is 11.7. The number of para-hydroxylation sites is 2. The van der Waals surface area contributed by atoms with Crippen molar-refractivity contribution in [2.75, 3.05) is 36.5 Å². The van der Waals surface area contributed by atoms with E-state index in [4.69, 9.17) is 4.74 Å². The Hall–Kier alpha value is -2.91. The fourth-order valence-corrected chi connectivity index (χ4v) is 6.25. The number of hydrogen-bond donors (Lipinski definition) is 1. The number of anilines is 2. The molecule has 0 spiro atoms. The van der Waals surface area contributed by atoms with Gasteiger partial charge in [0.1, 0.15) is 5.75 Å². The van der Waals surface area contributed by atoms with Gasteiger partial charge in [-0.3, -0.25) is 9.59 Å². The summed E-state index contributed by atoms with van der Waals surface area (Å²) in [6.45, 7) is 5.02. The molecule has 2 aromatic carbocycles. The lowest BCUT2D eigenvalue weighted by Crippen LogP contribution is -2.43. The first kappa shape index (κ1) is 24.2. The molecule has 1 fully saturated rings. The van der Waals surface area contributed by atoms with Crippen LogP contribution in [0.25, 0.3) is 0 Å². The van der Waals surface area contributed by atoms with Gasteiger partial charge in [0.25, 0.3) is 0 Å². The molecule has 182 valence electrons. The molecule has 8 nitrogen and oxygen atoms in total. The molecule has 0 saturated carbocycles. The molecular formula is C25H31N3O5S. The maximum Gasteiger partial charge on any atom is 0.243 e. The minimum Gasteiger partial charge on any atom is -0.492 e. The molecule has 4 rings (SSSR count). The molecule has 2 amide bonds. The molecule has 2 aliphatic rings. The fourth-order valence-electron chi connectivity index (χ4n) is 4.67. The average molecular weight is 486 g/mol. The van der Waals surface area contributed by atoms with E-state index in [0.717, 1.165) is 24.1 Å². The van der Waals surface area contributed by atoms with Crippen LogP contribution in [-0.4, -0.2) is 50.8 Å². The number of aryl methyl sites for hydroxylation is 1. The number of piperidine rings is 1. The van der Waals surface area contributed by atoms with E-state index in [1.165, 1.54) is 11.2 Å². The van der Waals surface area contributed by atoms with Crippen molar-refractivity contribution in [3.05, 3.63) is 48.0 Å². The van der Waals surface area contributed by atoms with Crippen LogP contribution < -0.4 is 15.0 Å². The van der Waals surface area contributed by atoms with Crippen molar-refractivity contribution in [3.8, 4) is 5.75 Å². The average Bonchev–Trinajstić information content (AvgIpc) is 2.84. The Morgan fingerprint density at radius 1 is 1.12 bits per heavy atom. The summed E-state index contributed by atoms with van der Waals surface area (Å²) in [4.78, 5) is 26.8. The van der Waals surface area contributed by atoms with Gasteiger partial charge in [-0.2, -0.15) is 4.31 Å². The van der Waals surface area contributed by atoms with E-state index in [1.807, 2.05) is 19.1 Å². The Labute approximate surface area is 200 Å². The highest BCUT2D eigenvalue weighted by Crippen LogP contribution is 2.32. The normalized spacial score (nSPS) is 18.8. The van der Waals surface area contributed by atoms with Gasteiger partial charge in [0.15, 0.2) is 0 Å². The van der Waals surface area contributed by atoms with E-state index in [1.54, 1.807) is 35.2 Å². The van der Waals surface area contributed by atoms with Gasteiger partial charge in [-0.05, 0) is 68.5 Å². The Balaban J connectivity index is 1.50. The number of carbonyl (C=O) groups excluding carboxylic acids is 2. The smallest absolute Gasteiger partial charge is 0.243 e. The van der Waals surface area contributed by atoms with Gasteiger partial charge in [-0.1, -0.05) is 12.1 Å². The number of nitrogens with one attached hydrogen (secondary N) is 1. The van der Waals surface area contributed by atoms with Gasteiger partial charge in [0, 0.05) is 32.2 Å². The molecule has 1 atom stereocenters. The van der Waals surface area contributed by atoms with Crippen molar-refractivity contribution in [2.45, 2.75) is 44.4 Å². The minimum absolute atomic E-state index is 0.0487. The fraction of sp³-hybridized carbons (Fsp3) is 0.440. The van der Waals surface area contributed by atoms with Crippen molar-refractivity contribution in [3.63, 3.8) is 0 Å². The van der Waals surface area contributed by atoms with E-state index >= 15 is 0 Å². The third kappa shape index (κ3) is 4.95. The predicted octanol–water partition coefficient (Wildman–Crippen LogP) is 3.42. The molecule has 1 N–H and O–H groups in total. The SMILES string of the molecule is CCOc1ccccc1NC(=O)[C@H]1CCCN(S(=O)(=O)c2ccc3c(c2)CCCN3C(C)=O)C1. The number of nitrogens with zero attached hydrogens (tertiary/aromatic N) is 2. The standard InChI is InChI=1S/C25H31N3O5S/c1-3-33-24-11-5-4-10-22(24)26-25(30)20-9-6-14-27(17-20)34(31,32)21-12-13-23-19(16-21)8-7-15-28(23)18(2)29/h4-5,10-13,16,20H,3,6-9,14-15,17H2,1-2H3,(H,26,30)/t20-/m0/s1. The summed E-state index contributed by atoms with van der Waals surface area (Å²) in [7, 11) is -3.76. The summed E-state index contributed by atoms with van der Waals surface area (Å²) >= 11 is 0. The lowest BCUT2D eigenvalue weighted by molar-refractivity contribution is -0.121. The molecule has 1 saturated heterocycles. The van der Waals surface area contributed by atoms with Gasteiger partial charge in [-0.25, -0.2) is 8.42 Å². The molecule has 2 aliphatic heterocycles. The summed E-state index contributed by atoms with van der Waals surface area (Å²) in [5.41, 5.74) is 2.22. The lowest BCUT2D eigenvalue weighted by Gasteiger charge is -2.32. The predicted molar refractivity (Wildman–Crippen MR) is 131 cm³/mol. The molecule has 0 bridgehead atoms. The van der Waals surface area contributed by atoms with E-state index in [2.05, 4.69) is 5.32 Å². The van der Waals surface area contributed by atoms with Crippen LogP contribution in [0.1, 0.15) is 38.7 Å². The Morgan fingerprint density at radius 3 is 2.68 bits per heavy atom. The van der Waals surface area contributed by atoms with Crippen molar-refractivity contribution >= 4 is 33.2 Å². The molecule has 0 radical (unpaired) electrons. The number of carbonyl (C=O) groups is 2. The lowest BCUT2D eigenvalue weighted by atomic mass is 9.98. The Bertz CT molecular complexity index is 1180. The van der Waals surface area contributed by atoms with Crippen LogP contribution in [0.3, 0.4) is 0 Å². The highest BCUT2D eigenvalue weighted by Gasteiger charge is 2.34. The van der Waals surface area contributed by atoms with Gasteiger partial charge in [0.05, 0.1) is 23.1 Å². The van der Waals surface area contributed by atoms with Gasteiger partial charge >= 0.3 is 0 Å². The summed E-state index contributed by atoms with van der Waals surface area (Å²) < 4.78 is 33.9. The van der Waals surface area contributed by atoms with Crippen LogP contribution in [0.4, 0.5) is 11.4 Å². The Kier molecular flexibility index (Phi) is 7.23. The van der Waals surface area contributed by atoms with Crippen LogP contribution in [0.5, 0.6) is 5.75 Å². The van der Waals surface area contributed by atoms with Crippen LogP contribution in [0.2, 0.25) is 0 Å². The number of rotatable bonds is 6. The first-order valence-corrected chi connectivity index (χ1v) is 13.2. The van der Waals surface area contributed by atoms with Crippen LogP contribution >= 0.6 is 0 Å². The maximum atomic E-state index is 13.4. The monoisotopic (exact) mass is 485 g/mol. The summed E-state index contributed by atoms with van der Waals surface area (Å²) in [6, 6.07) is 12.2. The number of amides is 2. The number of hydrogen-bond acceptors (Lipinski definition) is 5. The third-order valence-electron chi connectivity index (χ3n) is 6.39. The largest absolute Gasteiger partial charge is 0.492 e. The second-order valence-electron chi connectivity index (χ2n) is 8.69. The molecule has 34 heavy (non-hydrogen) atoms. The highest BCUT2D eigenvalue weighted by atomic mass is 32.2.